The average Bonchev–Trinajstić information content (AvgIpc) is 2.89. The number of hydrogen-bond acceptors (Lipinski definition) is 6. The van der Waals surface area contributed by atoms with Crippen molar-refractivity contribution in [2.24, 2.45) is 0 Å². The minimum absolute atomic E-state index is 0.130. The van der Waals surface area contributed by atoms with E-state index in [4.69, 9.17) is 14.5 Å². The molecule has 2 rings (SSSR count). The van der Waals surface area contributed by atoms with E-state index < -0.39 is 5.97 Å². The molecule has 0 radical (unpaired) electrons. The van der Waals surface area contributed by atoms with E-state index in [1.165, 1.54) is 0 Å². The molecule has 0 unspecified atom stereocenters. The lowest BCUT2D eigenvalue weighted by molar-refractivity contribution is 0.0508. The van der Waals surface area contributed by atoms with Crippen molar-refractivity contribution in [3.8, 4) is 17.5 Å². The van der Waals surface area contributed by atoms with Crippen molar-refractivity contribution < 1.29 is 14.1 Å². The predicted octanol–water partition coefficient (Wildman–Crippen LogP) is 1.78. The van der Waals surface area contributed by atoms with E-state index in [0.29, 0.717) is 11.1 Å². The lowest BCUT2D eigenvalue weighted by Crippen LogP contribution is -2.06. The molecule has 0 spiro atoms. The van der Waals surface area contributed by atoms with Gasteiger partial charge in [-0.1, -0.05) is 6.07 Å². The summed E-state index contributed by atoms with van der Waals surface area (Å²) in [6.45, 7) is 1.93. The third-order valence-electron chi connectivity index (χ3n) is 2.12. The molecule has 0 fully saturated rings. The van der Waals surface area contributed by atoms with E-state index >= 15 is 0 Å². The van der Waals surface area contributed by atoms with E-state index in [-0.39, 0.29) is 18.3 Å². The Balaban J connectivity index is 2.29. The summed E-state index contributed by atoms with van der Waals surface area (Å²) in [7, 11) is 0. The second-order valence-corrected chi connectivity index (χ2v) is 3.34. The zero-order chi connectivity index (χ0) is 13.0. The Hall–Kier alpha value is -2.68. The minimum Gasteiger partial charge on any atom is -0.460 e. The van der Waals surface area contributed by atoms with Crippen LogP contribution in [-0.2, 0) is 4.74 Å². The van der Waals surface area contributed by atoms with Crippen LogP contribution in [0.2, 0.25) is 0 Å². The van der Waals surface area contributed by atoms with Crippen molar-refractivity contribution >= 4 is 5.97 Å². The Morgan fingerprint density at radius 1 is 1.56 bits per heavy atom. The molecule has 18 heavy (non-hydrogen) atoms. The first kappa shape index (κ1) is 11.8. The highest BCUT2D eigenvalue weighted by molar-refractivity contribution is 5.85. The van der Waals surface area contributed by atoms with Crippen molar-refractivity contribution in [1.82, 2.24) is 10.1 Å². The molecule has 0 aliphatic rings. The number of benzene rings is 1. The number of ether oxygens (including phenoxy) is 1. The summed E-state index contributed by atoms with van der Waals surface area (Å²) in [6, 6.07) is 8.67. The molecule has 1 aromatic carbocycles. The number of carbonyl (C=O) groups is 1. The maximum atomic E-state index is 11.4. The molecule has 6 heteroatoms. The molecule has 0 aliphatic carbocycles. The molecule has 0 N–H and O–H groups in total. The van der Waals surface area contributed by atoms with Gasteiger partial charge in [0.1, 0.15) is 0 Å². The molecule has 0 amide bonds. The third kappa shape index (κ3) is 2.35. The topological polar surface area (TPSA) is 89.0 Å². The molecule has 90 valence electrons. The number of hydrogen-bond donors (Lipinski definition) is 0. The molecule has 0 saturated carbocycles. The van der Waals surface area contributed by atoms with Gasteiger partial charge < -0.3 is 9.26 Å². The van der Waals surface area contributed by atoms with Gasteiger partial charge in [0, 0.05) is 5.56 Å². The molecule has 0 aliphatic heterocycles. The third-order valence-corrected chi connectivity index (χ3v) is 2.12. The van der Waals surface area contributed by atoms with Gasteiger partial charge in [-0.25, -0.2) is 4.79 Å². The standard InChI is InChI=1S/C12H9N3O3/c1-2-17-12(16)10-14-11(18-15-10)9-5-3-4-8(6-9)7-13/h3-6H,2H2,1H3. The highest BCUT2D eigenvalue weighted by Crippen LogP contribution is 2.18. The van der Waals surface area contributed by atoms with Crippen LogP contribution in [0.25, 0.3) is 11.5 Å². The SMILES string of the molecule is CCOC(=O)c1noc(-c2cccc(C#N)c2)n1. The van der Waals surface area contributed by atoms with E-state index in [1.807, 2.05) is 6.07 Å². The largest absolute Gasteiger partial charge is 0.460 e. The van der Waals surface area contributed by atoms with Crippen molar-refractivity contribution in [1.29, 1.82) is 5.26 Å². The molecule has 0 saturated heterocycles. The molecule has 0 atom stereocenters. The molecule has 6 nitrogen and oxygen atoms in total. The number of aromatic nitrogens is 2. The van der Waals surface area contributed by atoms with Gasteiger partial charge in [-0.15, -0.1) is 0 Å². The van der Waals surface area contributed by atoms with Crippen LogP contribution in [0.4, 0.5) is 0 Å². The fourth-order valence-corrected chi connectivity index (χ4v) is 1.34. The van der Waals surface area contributed by atoms with Gasteiger partial charge in [-0.05, 0) is 30.3 Å². The lowest BCUT2D eigenvalue weighted by Gasteiger charge is -1.94. The quantitative estimate of drug-likeness (QED) is 0.763. The molecule has 1 aromatic heterocycles. The number of carbonyl (C=O) groups excluding carboxylic acids is 1. The molecule has 1 heterocycles. The number of nitriles is 1. The van der Waals surface area contributed by atoms with Crippen LogP contribution >= 0.6 is 0 Å². The van der Waals surface area contributed by atoms with Crippen molar-refractivity contribution in [3.05, 3.63) is 35.7 Å². The van der Waals surface area contributed by atoms with Gasteiger partial charge in [-0.2, -0.15) is 10.2 Å². The Bertz CT molecular complexity index is 613. The summed E-state index contributed by atoms with van der Waals surface area (Å²) in [5, 5.41) is 12.3. The first-order valence-electron chi connectivity index (χ1n) is 5.26. The highest BCUT2D eigenvalue weighted by Gasteiger charge is 2.16. The molecular weight excluding hydrogens is 234 g/mol. The first-order valence-corrected chi connectivity index (χ1v) is 5.26. The van der Waals surface area contributed by atoms with Crippen molar-refractivity contribution in [3.63, 3.8) is 0 Å². The summed E-state index contributed by atoms with van der Waals surface area (Å²) in [6.07, 6.45) is 0. The number of rotatable bonds is 3. The van der Waals surface area contributed by atoms with E-state index in [2.05, 4.69) is 10.1 Å². The summed E-state index contributed by atoms with van der Waals surface area (Å²) < 4.78 is 9.69. The van der Waals surface area contributed by atoms with Crippen LogP contribution in [-0.4, -0.2) is 22.7 Å². The van der Waals surface area contributed by atoms with Gasteiger partial charge in [0.15, 0.2) is 0 Å². The first-order chi connectivity index (χ1) is 8.74. The zero-order valence-corrected chi connectivity index (χ0v) is 9.58. The summed E-state index contributed by atoms with van der Waals surface area (Å²) in [4.78, 5) is 15.3. The molecule has 2 aromatic rings. The Morgan fingerprint density at radius 3 is 3.11 bits per heavy atom. The average molecular weight is 243 g/mol. The molecule has 0 bridgehead atoms. The summed E-state index contributed by atoms with van der Waals surface area (Å²) in [5.74, 6) is -0.590. The second-order valence-electron chi connectivity index (χ2n) is 3.34. The van der Waals surface area contributed by atoms with Crippen molar-refractivity contribution in [2.45, 2.75) is 6.92 Å². The van der Waals surface area contributed by atoms with Crippen LogP contribution in [0.3, 0.4) is 0 Å². The predicted molar refractivity (Wildman–Crippen MR) is 60.4 cm³/mol. The lowest BCUT2D eigenvalue weighted by atomic mass is 10.1. The van der Waals surface area contributed by atoms with Gasteiger partial charge >= 0.3 is 5.97 Å². The normalized spacial score (nSPS) is 9.78. The second kappa shape index (κ2) is 5.10. The summed E-state index contributed by atoms with van der Waals surface area (Å²) in [5.41, 5.74) is 1.06. The van der Waals surface area contributed by atoms with Gasteiger partial charge in [-0.3, -0.25) is 0 Å². The van der Waals surface area contributed by atoms with Gasteiger partial charge in [0.05, 0.1) is 18.2 Å². The van der Waals surface area contributed by atoms with Crippen LogP contribution < -0.4 is 0 Å². The Morgan fingerprint density at radius 2 is 2.39 bits per heavy atom. The maximum absolute atomic E-state index is 11.4. The smallest absolute Gasteiger partial charge is 0.379 e. The monoisotopic (exact) mass is 243 g/mol. The van der Waals surface area contributed by atoms with E-state index in [0.717, 1.165) is 0 Å². The molecular formula is C12H9N3O3. The van der Waals surface area contributed by atoms with Crippen LogP contribution in [0.15, 0.2) is 28.8 Å². The Labute approximate surface area is 103 Å². The Kier molecular flexibility index (Phi) is 3.34. The minimum atomic E-state index is -0.635. The van der Waals surface area contributed by atoms with Gasteiger partial charge in [0.25, 0.3) is 11.7 Å². The van der Waals surface area contributed by atoms with Gasteiger partial charge in [0.2, 0.25) is 0 Å². The van der Waals surface area contributed by atoms with Crippen molar-refractivity contribution in [2.75, 3.05) is 6.61 Å². The van der Waals surface area contributed by atoms with Crippen LogP contribution in [0, 0.1) is 11.3 Å². The van der Waals surface area contributed by atoms with E-state index in [9.17, 15) is 4.79 Å². The van der Waals surface area contributed by atoms with E-state index in [1.54, 1.807) is 31.2 Å². The highest BCUT2D eigenvalue weighted by atomic mass is 16.5. The van der Waals surface area contributed by atoms with Crippen LogP contribution in [0.5, 0.6) is 0 Å². The zero-order valence-electron chi connectivity index (χ0n) is 9.58. The fourth-order valence-electron chi connectivity index (χ4n) is 1.34. The number of nitrogens with zero attached hydrogens (tertiary/aromatic N) is 3. The number of esters is 1. The summed E-state index contributed by atoms with van der Waals surface area (Å²) >= 11 is 0. The fraction of sp³-hybridized carbons (Fsp3) is 0.167. The maximum Gasteiger partial charge on any atom is 0.379 e. The van der Waals surface area contributed by atoms with Crippen LogP contribution in [0.1, 0.15) is 23.1 Å².